The number of nitrogens with zero attached hydrogens (tertiary/aromatic N) is 1. The number of halogens is 1. The second kappa shape index (κ2) is 3.74. The largest absolute Gasteiger partial charge is 0.423 e. The molecule has 0 fully saturated rings. The zero-order chi connectivity index (χ0) is 10.8. The molecule has 15 heavy (non-hydrogen) atoms. The third kappa shape index (κ3) is 1.71. The number of aldehydes is 1. The van der Waals surface area contributed by atoms with Crippen LogP contribution in [-0.4, -0.2) is 11.3 Å². The average molecular weight is 223 g/mol. The van der Waals surface area contributed by atoms with Crippen molar-refractivity contribution in [1.29, 1.82) is 0 Å². The maximum absolute atomic E-state index is 10.7. The van der Waals surface area contributed by atoms with Crippen molar-refractivity contribution in [2.75, 3.05) is 5.73 Å². The molecule has 0 aliphatic rings. The molecular weight excluding hydrogens is 216 g/mol. The van der Waals surface area contributed by atoms with Crippen LogP contribution in [0.3, 0.4) is 0 Å². The van der Waals surface area contributed by atoms with Crippen LogP contribution in [0.2, 0.25) is 5.02 Å². The van der Waals surface area contributed by atoms with Gasteiger partial charge in [0.05, 0.1) is 5.02 Å². The second-order valence-corrected chi connectivity index (χ2v) is 3.27. The van der Waals surface area contributed by atoms with Crippen LogP contribution in [0.4, 0.5) is 6.01 Å². The fourth-order valence-corrected chi connectivity index (χ4v) is 1.49. The first-order valence-corrected chi connectivity index (χ1v) is 4.56. The van der Waals surface area contributed by atoms with Gasteiger partial charge in [-0.3, -0.25) is 4.79 Å². The molecule has 1 aromatic carbocycles. The van der Waals surface area contributed by atoms with Gasteiger partial charge in [-0.1, -0.05) is 23.7 Å². The highest BCUT2D eigenvalue weighted by Gasteiger charge is 2.14. The number of hydrogen-bond donors (Lipinski definition) is 1. The van der Waals surface area contributed by atoms with Gasteiger partial charge in [0.15, 0.2) is 17.7 Å². The molecule has 0 aliphatic heterocycles. The minimum atomic E-state index is -0.0491. The Morgan fingerprint density at radius 2 is 2.13 bits per heavy atom. The molecule has 2 aromatic rings. The summed E-state index contributed by atoms with van der Waals surface area (Å²) < 4.78 is 5.12. The first-order chi connectivity index (χ1) is 7.22. The minimum Gasteiger partial charge on any atom is -0.423 e. The van der Waals surface area contributed by atoms with Gasteiger partial charge in [-0.25, -0.2) is 0 Å². The summed E-state index contributed by atoms with van der Waals surface area (Å²) in [6.07, 6.45) is 0.582. The number of aromatic nitrogens is 1. The number of hydrogen-bond acceptors (Lipinski definition) is 4. The molecule has 1 aromatic heterocycles. The molecule has 0 atom stereocenters. The Bertz CT molecular complexity index is 508. The number of carbonyl (C=O) groups excluding carboxylic acids is 1. The van der Waals surface area contributed by atoms with E-state index in [9.17, 15) is 4.79 Å². The van der Waals surface area contributed by atoms with E-state index in [0.29, 0.717) is 22.6 Å². The summed E-state index contributed by atoms with van der Waals surface area (Å²) in [6, 6.07) is 6.95. The highest BCUT2D eigenvalue weighted by atomic mass is 35.5. The van der Waals surface area contributed by atoms with Gasteiger partial charge in [0, 0.05) is 5.56 Å². The van der Waals surface area contributed by atoms with Crippen LogP contribution in [0.15, 0.2) is 28.7 Å². The lowest BCUT2D eigenvalue weighted by Crippen LogP contribution is -1.86. The number of anilines is 1. The molecule has 0 saturated carbocycles. The molecule has 0 saturated heterocycles. The lowest BCUT2D eigenvalue weighted by Gasteiger charge is -1.99. The van der Waals surface area contributed by atoms with E-state index in [4.69, 9.17) is 21.8 Å². The Kier molecular flexibility index (Phi) is 2.43. The summed E-state index contributed by atoms with van der Waals surface area (Å²) in [4.78, 5) is 14.4. The SMILES string of the molecule is Nc1nc(C=O)c(-c2ccccc2Cl)o1. The van der Waals surface area contributed by atoms with E-state index in [1.807, 2.05) is 0 Å². The standard InChI is InChI=1S/C10H7ClN2O2/c11-7-4-2-1-3-6(7)9-8(5-14)13-10(12)15-9/h1-5H,(H2,12,13). The molecule has 2 rings (SSSR count). The Hall–Kier alpha value is -1.81. The van der Waals surface area contributed by atoms with Gasteiger partial charge in [-0.2, -0.15) is 4.98 Å². The molecule has 0 amide bonds. The van der Waals surface area contributed by atoms with Crippen LogP contribution < -0.4 is 5.73 Å². The molecule has 4 nitrogen and oxygen atoms in total. The number of oxazole rings is 1. The lowest BCUT2D eigenvalue weighted by molar-refractivity contribution is 0.112. The summed E-state index contributed by atoms with van der Waals surface area (Å²) in [5, 5.41) is 0.483. The maximum Gasteiger partial charge on any atom is 0.293 e. The van der Waals surface area contributed by atoms with Crippen molar-refractivity contribution in [3.05, 3.63) is 35.0 Å². The van der Waals surface area contributed by atoms with Gasteiger partial charge < -0.3 is 10.2 Å². The van der Waals surface area contributed by atoms with Crippen LogP contribution >= 0.6 is 11.6 Å². The number of nitrogens with two attached hydrogens (primary N) is 1. The van der Waals surface area contributed by atoms with Crippen LogP contribution in [0, 0.1) is 0 Å². The first-order valence-electron chi connectivity index (χ1n) is 4.18. The zero-order valence-corrected chi connectivity index (χ0v) is 8.36. The smallest absolute Gasteiger partial charge is 0.293 e. The summed E-state index contributed by atoms with van der Waals surface area (Å²) in [7, 11) is 0. The lowest BCUT2D eigenvalue weighted by atomic mass is 10.1. The van der Waals surface area contributed by atoms with Crippen LogP contribution in [0.5, 0.6) is 0 Å². The van der Waals surface area contributed by atoms with Gasteiger partial charge in [-0.05, 0) is 12.1 Å². The van der Waals surface area contributed by atoms with Crippen LogP contribution in [-0.2, 0) is 0 Å². The number of nitrogen functional groups attached to an aromatic ring is 1. The molecule has 5 heteroatoms. The van der Waals surface area contributed by atoms with E-state index < -0.39 is 0 Å². The maximum atomic E-state index is 10.7. The summed E-state index contributed by atoms with van der Waals surface area (Å²) in [5.41, 5.74) is 6.12. The minimum absolute atomic E-state index is 0.0491. The van der Waals surface area contributed by atoms with E-state index in [-0.39, 0.29) is 11.7 Å². The van der Waals surface area contributed by atoms with Gasteiger partial charge in [-0.15, -0.1) is 0 Å². The Labute approximate surface area is 90.7 Å². The molecular formula is C10H7ClN2O2. The summed E-state index contributed by atoms with van der Waals surface area (Å²) >= 11 is 5.95. The fourth-order valence-electron chi connectivity index (χ4n) is 1.27. The molecule has 0 bridgehead atoms. The van der Waals surface area contributed by atoms with Crippen LogP contribution in [0.25, 0.3) is 11.3 Å². The predicted molar refractivity (Wildman–Crippen MR) is 56.7 cm³/mol. The Morgan fingerprint density at radius 1 is 1.40 bits per heavy atom. The van der Waals surface area contributed by atoms with E-state index in [0.717, 1.165) is 0 Å². The predicted octanol–water partition coefficient (Wildman–Crippen LogP) is 2.39. The highest BCUT2D eigenvalue weighted by molar-refractivity contribution is 6.33. The van der Waals surface area contributed by atoms with Gasteiger partial charge in [0.25, 0.3) is 6.01 Å². The van der Waals surface area contributed by atoms with Crippen molar-refractivity contribution in [1.82, 2.24) is 4.98 Å². The molecule has 0 radical (unpaired) electrons. The van der Waals surface area contributed by atoms with Gasteiger partial charge in [0.2, 0.25) is 0 Å². The van der Waals surface area contributed by atoms with E-state index in [1.54, 1.807) is 24.3 Å². The topological polar surface area (TPSA) is 69.1 Å². The molecule has 0 unspecified atom stereocenters. The van der Waals surface area contributed by atoms with Crippen molar-refractivity contribution in [2.24, 2.45) is 0 Å². The second-order valence-electron chi connectivity index (χ2n) is 2.86. The Balaban J connectivity index is 2.63. The third-order valence-corrected chi connectivity index (χ3v) is 2.23. The average Bonchev–Trinajstić information content (AvgIpc) is 2.60. The highest BCUT2D eigenvalue weighted by Crippen LogP contribution is 2.30. The van der Waals surface area contributed by atoms with Crippen molar-refractivity contribution in [3.63, 3.8) is 0 Å². The van der Waals surface area contributed by atoms with E-state index in [1.165, 1.54) is 0 Å². The first kappa shape index (κ1) is 9.73. The van der Waals surface area contributed by atoms with E-state index in [2.05, 4.69) is 4.98 Å². The van der Waals surface area contributed by atoms with Crippen molar-refractivity contribution in [2.45, 2.75) is 0 Å². The molecule has 0 aliphatic carbocycles. The van der Waals surface area contributed by atoms with E-state index >= 15 is 0 Å². The monoisotopic (exact) mass is 222 g/mol. The van der Waals surface area contributed by atoms with Crippen molar-refractivity contribution in [3.8, 4) is 11.3 Å². The zero-order valence-electron chi connectivity index (χ0n) is 7.61. The molecule has 76 valence electrons. The number of carbonyl (C=O) groups is 1. The Morgan fingerprint density at radius 3 is 2.80 bits per heavy atom. The van der Waals surface area contributed by atoms with Gasteiger partial charge in [0.1, 0.15) is 0 Å². The molecule has 2 N–H and O–H groups in total. The fraction of sp³-hybridized carbons (Fsp3) is 0. The van der Waals surface area contributed by atoms with Crippen molar-refractivity contribution >= 4 is 23.9 Å². The summed E-state index contributed by atoms with van der Waals surface area (Å²) in [5.74, 6) is 0.299. The quantitative estimate of drug-likeness (QED) is 0.792. The summed E-state index contributed by atoms with van der Waals surface area (Å²) in [6.45, 7) is 0. The number of rotatable bonds is 2. The third-order valence-electron chi connectivity index (χ3n) is 1.90. The van der Waals surface area contributed by atoms with Crippen LogP contribution in [0.1, 0.15) is 10.5 Å². The molecule has 1 heterocycles. The molecule has 0 spiro atoms. The van der Waals surface area contributed by atoms with Gasteiger partial charge >= 0.3 is 0 Å². The normalized spacial score (nSPS) is 10.2. The van der Waals surface area contributed by atoms with Crippen molar-refractivity contribution < 1.29 is 9.21 Å². The number of benzene rings is 1.